The Labute approximate surface area is 145 Å². The number of hydrogen-bond donors (Lipinski definition) is 2. The van der Waals surface area contributed by atoms with Crippen LogP contribution in [-0.4, -0.2) is 22.6 Å². The van der Waals surface area contributed by atoms with Crippen LogP contribution in [0.1, 0.15) is 17.5 Å². The van der Waals surface area contributed by atoms with Crippen molar-refractivity contribution in [1.29, 1.82) is 5.26 Å². The highest BCUT2D eigenvalue weighted by molar-refractivity contribution is 9.13. The molecule has 2 aromatic rings. The monoisotopic (exact) mass is 433 g/mol. The molecule has 0 spiro atoms. The highest BCUT2D eigenvalue weighted by atomic mass is 79.9. The first-order valence-corrected chi connectivity index (χ1v) is 8.01. The highest BCUT2D eigenvalue weighted by Gasteiger charge is 2.25. The number of halogens is 3. The topological polar surface area (TPSA) is 79.7 Å². The number of nitriles is 1. The molecule has 1 aromatic heterocycles. The van der Waals surface area contributed by atoms with Gasteiger partial charge in [-0.05, 0) is 50.3 Å². The molecule has 1 aliphatic heterocycles. The molecule has 2 heterocycles. The van der Waals surface area contributed by atoms with Crippen LogP contribution in [0.3, 0.4) is 0 Å². The lowest BCUT2D eigenvalue weighted by Gasteiger charge is -2.19. The summed E-state index contributed by atoms with van der Waals surface area (Å²) in [6.45, 7) is 2.13. The van der Waals surface area contributed by atoms with E-state index in [0.717, 1.165) is 45.3 Å². The third-order valence-electron chi connectivity index (χ3n) is 3.52. The first kappa shape index (κ1) is 16.6. The SMILES string of the molecule is Cl.N#Cc1c(Br)c(Br)c2c3c1nc(NCCN)n3CCC2. The molecule has 1 aliphatic rings. The summed E-state index contributed by atoms with van der Waals surface area (Å²) >= 11 is 7.11. The Morgan fingerprint density at radius 2 is 2.14 bits per heavy atom. The minimum atomic E-state index is 0. The van der Waals surface area contributed by atoms with Gasteiger partial charge in [0.2, 0.25) is 5.95 Å². The molecule has 0 unspecified atom stereocenters. The first-order valence-electron chi connectivity index (χ1n) is 6.43. The average molecular weight is 436 g/mol. The van der Waals surface area contributed by atoms with Gasteiger partial charge in [-0.3, -0.25) is 0 Å². The van der Waals surface area contributed by atoms with Crippen LogP contribution in [0.5, 0.6) is 0 Å². The van der Waals surface area contributed by atoms with Gasteiger partial charge >= 0.3 is 0 Å². The molecule has 0 radical (unpaired) electrons. The normalized spacial score (nSPS) is 12.9. The number of anilines is 1. The first-order chi connectivity index (χ1) is 9.69. The van der Waals surface area contributed by atoms with Crippen LogP contribution in [0.25, 0.3) is 11.0 Å². The predicted molar refractivity (Wildman–Crippen MR) is 93.0 cm³/mol. The minimum Gasteiger partial charge on any atom is -0.354 e. The Hall–Kier alpha value is -0.810. The molecule has 0 amide bonds. The van der Waals surface area contributed by atoms with Crippen LogP contribution in [-0.2, 0) is 13.0 Å². The molecule has 112 valence electrons. The summed E-state index contributed by atoms with van der Waals surface area (Å²) in [6, 6.07) is 2.25. The smallest absolute Gasteiger partial charge is 0.203 e. The fraction of sp³-hybridized carbons (Fsp3) is 0.385. The predicted octanol–water partition coefficient (Wildman–Crippen LogP) is 3.17. The highest BCUT2D eigenvalue weighted by Crippen LogP contribution is 2.41. The third-order valence-corrected chi connectivity index (χ3v) is 5.72. The van der Waals surface area contributed by atoms with Gasteiger partial charge in [-0.2, -0.15) is 5.26 Å². The second kappa shape index (κ2) is 6.53. The molecule has 0 aliphatic carbocycles. The number of rotatable bonds is 3. The van der Waals surface area contributed by atoms with Crippen molar-refractivity contribution in [3.63, 3.8) is 0 Å². The van der Waals surface area contributed by atoms with Crippen LogP contribution in [0.15, 0.2) is 8.95 Å². The maximum atomic E-state index is 9.41. The lowest BCUT2D eigenvalue weighted by molar-refractivity contribution is 0.634. The molecule has 1 aromatic carbocycles. The molecule has 0 atom stereocenters. The average Bonchev–Trinajstić information content (AvgIpc) is 2.83. The van der Waals surface area contributed by atoms with Gasteiger partial charge in [0, 0.05) is 24.1 Å². The summed E-state index contributed by atoms with van der Waals surface area (Å²) in [7, 11) is 0. The number of aryl methyl sites for hydroxylation is 2. The number of aromatic nitrogens is 2. The van der Waals surface area contributed by atoms with E-state index in [-0.39, 0.29) is 12.4 Å². The van der Waals surface area contributed by atoms with Crippen molar-refractivity contribution in [3.05, 3.63) is 20.1 Å². The maximum absolute atomic E-state index is 9.41. The van der Waals surface area contributed by atoms with Crippen molar-refractivity contribution in [2.24, 2.45) is 5.73 Å². The molecule has 0 fully saturated rings. The Kier molecular flexibility index (Phi) is 5.15. The second-order valence-corrected chi connectivity index (χ2v) is 6.28. The van der Waals surface area contributed by atoms with E-state index in [9.17, 15) is 5.26 Å². The molecule has 3 rings (SSSR count). The van der Waals surface area contributed by atoms with Gasteiger partial charge in [0.05, 0.1) is 15.6 Å². The third kappa shape index (κ3) is 2.55. The summed E-state index contributed by atoms with van der Waals surface area (Å²) in [5.74, 6) is 0.799. The summed E-state index contributed by atoms with van der Waals surface area (Å²) in [5.41, 5.74) is 9.15. The number of nitrogens with one attached hydrogen (secondary N) is 1. The van der Waals surface area contributed by atoms with E-state index in [0.29, 0.717) is 18.7 Å². The minimum absolute atomic E-state index is 0. The molecule has 0 saturated carbocycles. The lowest BCUT2D eigenvalue weighted by Crippen LogP contribution is -2.17. The zero-order valence-corrected chi connectivity index (χ0v) is 15.1. The van der Waals surface area contributed by atoms with E-state index in [2.05, 4.69) is 52.8 Å². The van der Waals surface area contributed by atoms with Gasteiger partial charge in [0.1, 0.15) is 11.6 Å². The van der Waals surface area contributed by atoms with E-state index in [1.165, 1.54) is 5.56 Å². The zero-order valence-electron chi connectivity index (χ0n) is 11.1. The van der Waals surface area contributed by atoms with Crippen molar-refractivity contribution in [2.45, 2.75) is 19.4 Å². The van der Waals surface area contributed by atoms with E-state index in [1.807, 2.05) is 0 Å². The number of benzene rings is 1. The van der Waals surface area contributed by atoms with Crippen molar-refractivity contribution in [3.8, 4) is 6.07 Å². The van der Waals surface area contributed by atoms with E-state index in [1.54, 1.807) is 0 Å². The number of nitrogens with two attached hydrogens (primary N) is 1. The van der Waals surface area contributed by atoms with E-state index >= 15 is 0 Å². The van der Waals surface area contributed by atoms with Gasteiger partial charge in [0.25, 0.3) is 0 Å². The van der Waals surface area contributed by atoms with Crippen molar-refractivity contribution < 1.29 is 0 Å². The molecule has 5 nitrogen and oxygen atoms in total. The van der Waals surface area contributed by atoms with Crippen molar-refractivity contribution in [1.82, 2.24) is 9.55 Å². The summed E-state index contributed by atoms with van der Waals surface area (Å²) in [4.78, 5) is 4.62. The van der Waals surface area contributed by atoms with Gasteiger partial charge in [-0.1, -0.05) is 0 Å². The lowest BCUT2D eigenvalue weighted by atomic mass is 10.0. The van der Waals surface area contributed by atoms with Crippen LogP contribution < -0.4 is 11.1 Å². The van der Waals surface area contributed by atoms with Gasteiger partial charge in [-0.15, -0.1) is 12.4 Å². The molecular formula is C13H14Br2ClN5. The Morgan fingerprint density at radius 3 is 2.81 bits per heavy atom. The van der Waals surface area contributed by atoms with Gasteiger partial charge < -0.3 is 15.6 Å². The van der Waals surface area contributed by atoms with E-state index in [4.69, 9.17) is 5.73 Å². The maximum Gasteiger partial charge on any atom is 0.203 e. The van der Waals surface area contributed by atoms with Crippen molar-refractivity contribution in [2.75, 3.05) is 18.4 Å². The molecule has 3 N–H and O–H groups in total. The Bertz CT molecular complexity index is 735. The number of imidazole rings is 1. The number of nitrogens with zero attached hydrogens (tertiary/aromatic N) is 3. The Morgan fingerprint density at radius 1 is 1.38 bits per heavy atom. The Balaban J connectivity index is 0.00000161. The van der Waals surface area contributed by atoms with Gasteiger partial charge in [0.15, 0.2) is 0 Å². The molecule has 0 saturated heterocycles. The van der Waals surface area contributed by atoms with Crippen LogP contribution in [0.2, 0.25) is 0 Å². The second-order valence-electron chi connectivity index (χ2n) is 4.70. The fourth-order valence-electron chi connectivity index (χ4n) is 2.66. The summed E-state index contributed by atoms with van der Waals surface area (Å²) < 4.78 is 3.91. The van der Waals surface area contributed by atoms with E-state index < -0.39 is 0 Å². The fourth-order valence-corrected chi connectivity index (χ4v) is 3.76. The quantitative estimate of drug-likeness (QED) is 0.776. The molecule has 21 heavy (non-hydrogen) atoms. The molecule has 8 heteroatoms. The number of hydrogen-bond acceptors (Lipinski definition) is 4. The zero-order chi connectivity index (χ0) is 14.3. The molecule has 0 bridgehead atoms. The van der Waals surface area contributed by atoms with Crippen molar-refractivity contribution >= 4 is 61.2 Å². The van der Waals surface area contributed by atoms with Crippen LogP contribution in [0.4, 0.5) is 5.95 Å². The molecular weight excluding hydrogens is 421 g/mol. The summed E-state index contributed by atoms with van der Waals surface area (Å²) in [5, 5.41) is 12.6. The van der Waals surface area contributed by atoms with Gasteiger partial charge in [-0.25, -0.2) is 4.98 Å². The summed E-state index contributed by atoms with van der Waals surface area (Å²) in [6.07, 6.45) is 2.05. The van der Waals surface area contributed by atoms with Crippen LogP contribution in [0, 0.1) is 11.3 Å². The standard InChI is InChI=1S/C13H13Br2N5.ClH/c14-9-7-2-1-5-20-12(7)11(8(6-17)10(9)15)19-13(20)18-4-3-16;/h1-5,16H2,(H,18,19);1H. The largest absolute Gasteiger partial charge is 0.354 e. The van der Waals surface area contributed by atoms with Crippen LogP contribution >= 0.6 is 44.3 Å².